The molecule has 37 heavy (non-hydrogen) atoms. The van der Waals surface area contributed by atoms with E-state index in [0.29, 0.717) is 18.0 Å². The molecule has 2 atom stereocenters. The number of rotatable bonds is 8. The van der Waals surface area contributed by atoms with Crippen LogP contribution in [0.25, 0.3) is 11.4 Å². The summed E-state index contributed by atoms with van der Waals surface area (Å²) in [7, 11) is 0. The Balaban J connectivity index is 1.64. The fourth-order valence-corrected chi connectivity index (χ4v) is 4.27. The highest BCUT2D eigenvalue weighted by Crippen LogP contribution is 2.27. The molecule has 1 saturated heterocycles. The van der Waals surface area contributed by atoms with E-state index in [-0.39, 0.29) is 36.8 Å². The van der Waals surface area contributed by atoms with Gasteiger partial charge in [0, 0.05) is 24.3 Å². The zero-order chi connectivity index (χ0) is 26.6. The fourth-order valence-electron chi connectivity index (χ4n) is 4.27. The molecule has 2 aromatic carbocycles. The van der Waals surface area contributed by atoms with Crippen molar-refractivity contribution in [3.8, 4) is 17.1 Å². The van der Waals surface area contributed by atoms with Crippen molar-refractivity contribution in [2.45, 2.75) is 64.8 Å². The summed E-state index contributed by atoms with van der Waals surface area (Å²) in [5, 5.41) is 25.4. The third kappa shape index (κ3) is 6.91. The van der Waals surface area contributed by atoms with Gasteiger partial charge in [-0.3, -0.25) is 9.59 Å². The molecule has 10 nitrogen and oxygen atoms in total. The van der Waals surface area contributed by atoms with E-state index in [0.717, 1.165) is 24.0 Å². The van der Waals surface area contributed by atoms with E-state index < -0.39 is 11.6 Å². The summed E-state index contributed by atoms with van der Waals surface area (Å²) < 4.78 is 5.83. The molecule has 10 heteroatoms. The third-order valence-electron chi connectivity index (χ3n) is 6.05. The van der Waals surface area contributed by atoms with Crippen molar-refractivity contribution in [1.29, 1.82) is 0 Å². The van der Waals surface area contributed by atoms with Gasteiger partial charge >= 0.3 is 0 Å². The van der Waals surface area contributed by atoms with Crippen LogP contribution in [0.15, 0.2) is 48.5 Å². The smallest absolute Gasteiger partial charge is 0.247 e. The number of nitrogens with one attached hydrogen (secondary N) is 1. The summed E-state index contributed by atoms with van der Waals surface area (Å²) in [6, 6.07) is 13.1. The van der Waals surface area contributed by atoms with Crippen molar-refractivity contribution in [1.82, 2.24) is 30.4 Å². The maximum absolute atomic E-state index is 13.8. The van der Waals surface area contributed by atoms with Crippen LogP contribution in [0.1, 0.15) is 50.8 Å². The minimum atomic E-state index is -0.934. The number of hydrogen-bond acceptors (Lipinski definition) is 7. The lowest BCUT2D eigenvalue weighted by Gasteiger charge is -2.35. The van der Waals surface area contributed by atoms with Gasteiger partial charge in [0.2, 0.25) is 17.6 Å². The lowest BCUT2D eigenvalue weighted by molar-refractivity contribution is -0.144. The number of aromatic hydroxyl groups is 1. The summed E-state index contributed by atoms with van der Waals surface area (Å²) in [4.78, 5) is 30.1. The molecule has 0 bridgehead atoms. The molecule has 3 aromatic rings. The number of amides is 2. The van der Waals surface area contributed by atoms with Gasteiger partial charge in [-0.1, -0.05) is 42.0 Å². The average Bonchev–Trinajstić information content (AvgIpc) is 3.51. The summed E-state index contributed by atoms with van der Waals surface area (Å²) in [6.45, 7) is 8.32. The van der Waals surface area contributed by atoms with Gasteiger partial charge in [-0.25, -0.2) is 0 Å². The summed E-state index contributed by atoms with van der Waals surface area (Å²) in [5.41, 5.74) is 1.98. The molecule has 0 radical (unpaired) electrons. The van der Waals surface area contributed by atoms with Crippen molar-refractivity contribution >= 4 is 11.8 Å². The van der Waals surface area contributed by atoms with E-state index in [1.54, 1.807) is 12.1 Å². The summed E-state index contributed by atoms with van der Waals surface area (Å²) in [5.74, 6) is -0.174. The molecule has 2 unspecified atom stereocenters. The molecule has 196 valence electrons. The largest absolute Gasteiger partial charge is 0.508 e. The molecule has 1 aliphatic rings. The van der Waals surface area contributed by atoms with E-state index in [4.69, 9.17) is 4.74 Å². The number of hydrogen-bond donors (Lipinski definition) is 2. The molecule has 1 fully saturated rings. The second-order valence-electron chi connectivity index (χ2n) is 10.4. The Bertz CT molecular complexity index is 1210. The van der Waals surface area contributed by atoms with Crippen molar-refractivity contribution < 1.29 is 19.4 Å². The second kappa shape index (κ2) is 11.1. The normalized spacial score (nSPS) is 16.4. The van der Waals surface area contributed by atoms with Crippen molar-refractivity contribution in [3.05, 3.63) is 59.7 Å². The summed E-state index contributed by atoms with van der Waals surface area (Å²) >= 11 is 0. The lowest BCUT2D eigenvalue weighted by Crippen LogP contribution is -2.51. The number of aryl methyl sites for hydroxylation is 1. The van der Waals surface area contributed by atoms with E-state index in [1.807, 2.05) is 52.0 Å². The molecular formula is C27H34N6O4. The van der Waals surface area contributed by atoms with Gasteiger partial charge in [-0.15, -0.1) is 10.2 Å². The van der Waals surface area contributed by atoms with Gasteiger partial charge < -0.3 is 20.1 Å². The number of phenolic OH excluding ortho intramolecular Hbond substituents is 1. The van der Waals surface area contributed by atoms with Gasteiger partial charge in [0.1, 0.15) is 18.3 Å². The van der Waals surface area contributed by atoms with Gasteiger partial charge in [0.15, 0.2) is 0 Å². The Morgan fingerprint density at radius 1 is 1.16 bits per heavy atom. The van der Waals surface area contributed by atoms with E-state index in [9.17, 15) is 14.7 Å². The van der Waals surface area contributed by atoms with Crippen LogP contribution in [0.4, 0.5) is 0 Å². The molecule has 1 aliphatic heterocycles. The molecule has 1 aromatic heterocycles. The number of ether oxygens (including phenoxy) is 1. The number of carbonyl (C=O) groups is 2. The first-order valence-electron chi connectivity index (χ1n) is 12.5. The molecule has 2 heterocycles. The standard InChI is InChI=1S/C27H34N6O4/c1-18-7-9-20(10-8-18)25-29-31-33(30-25)17-23(35)32(16-22-6-5-15-37-22)24(26(36)28-27(2,3)4)19-11-13-21(34)14-12-19/h7-14,22,24,34H,5-6,15-17H2,1-4H3,(H,28,36). The number of aromatic nitrogens is 4. The van der Waals surface area contributed by atoms with Crippen molar-refractivity contribution in [2.75, 3.05) is 13.2 Å². The maximum atomic E-state index is 13.8. The van der Waals surface area contributed by atoms with Crippen LogP contribution in [0.2, 0.25) is 0 Å². The molecule has 2 amide bonds. The molecule has 0 spiro atoms. The van der Waals surface area contributed by atoms with Crippen LogP contribution in [-0.2, 0) is 20.9 Å². The van der Waals surface area contributed by atoms with Crippen LogP contribution in [-0.4, -0.2) is 66.8 Å². The quantitative estimate of drug-likeness (QED) is 0.481. The number of benzene rings is 2. The minimum absolute atomic E-state index is 0.0752. The predicted molar refractivity (Wildman–Crippen MR) is 137 cm³/mol. The van der Waals surface area contributed by atoms with Gasteiger partial charge in [0.25, 0.3) is 0 Å². The highest BCUT2D eigenvalue weighted by Gasteiger charge is 2.36. The maximum Gasteiger partial charge on any atom is 0.247 e. The van der Waals surface area contributed by atoms with Crippen LogP contribution in [0, 0.1) is 6.92 Å². The first-order chi connectivity index (χ1) is 17.6. The first-order valence-corrected chi connectivity index (χ1v) is 12.5. The van der Waals surface area contributed by atoms with Crippen molar-refractivity contribution in [2.24, 2.45) is 0 Å². The zero-order valence-electron chi connectivity index (χ0n) is 21.7. The molecule has 0 aliphatic carbocycles. The van der Waals surface area contributed by atoms with Crippen LogP contribution in [0.3, 0.4) is 0 Å². The third-order valence-corrected chi connectivity index (χ3v) is 6.05. The number of carbonyl (C=O) groups excluding carboxylic acids is 2. The Hall–Kier alpha value is -3.79. The minimum Gasteiger partial charge on any atom is -0.508 e. The Morgan fingerprint density at radius 2 is 1.86 bits per heavy atom. The Labute approximate surface area is 216 Å². The molecule has 2 N–H and O–H groups in total. The van der Waals surface area contributed by atoms with E-state index in [1.165, 1.54) is 21.8 Å². The van der Waals surface area contributed by atoms with Gasteiger partial charge in [-0.2, -0.15) is 4.80 Å². The topological polar surface area (TPSA) is 122 Å². The number of tetrazole rings is 1. The van der Waals surface area contributed by atoms with Crippen LogP contribution < -0.4 is 5.32 Å². The predicted octanol–water partition coefficient (Wildman–Crippen LogP) is 3.02. The number of nitrogens with zero attached hydrogens (tertiary/aromatic N) is 5. The van der Waals surface area contributed by atoms with E-state index in [2.05, 4.69) is 20.7 Å². The molecular weight excluding hydrogens is 472 g/mol. The molecule has 0 saturated carbocycles. The first kappa shape index (κ1) is 26.3. The summed E-state index contributed by atoms with van der Waals surface area (Å²) in [6.07, 6.45) is 1.51. The average molecular weight is 507 g/mol. The van der Waals surface area contributed by atoms with Crippen LogP contribution >= 0.6 is 0 Å². The van der Waals surface area contributed by atoms with Gasteiger partial charge in [-0.05, 0) is 63.4 Å². The highest BCUT2D eigenvalue weighted by molar-refractivity contribution is 5.89. The Kier molecular flexibility index (Phi) is 7.87. The van der Waals surface area contributed by atoms with Crippen LogP contribution in [0.5, 0.6) is 5.75 Å². The van der Waals surface area contributed by atoms with E-state index >= 15 is 0 Å². The SMILES string of the molecule is Cc1ccc(-c2nnn(CC(=O)N(CC3CCCO3)C(C(=O)NC(C)(C)C)c3ccc(O)cc3)n2)cc1. The fraction of sp³-hybridized carbons (Fsp3) is 0.444. The second-order valence-corrected chi connectivity index (χ2v) is 10.4. The molecule has 4 rings (SSSR count). The Morgan fingerprint density at radius 3 is 2.49 bits per heavy atom. The van der Waals surface area contributed by atoms with Gasteiger partial charge in [0.05, 0.1) is 6.10 Å². The highest BCUT2D eigenvalue weighted by atomic mass is 16.5. The zero-order valence-corrected chi connectivity index (χ0v) is 21.7. The van der Waals surface area contributed by atoms with Crippen molar-refractivity contribution in [3.63, 3.8) is 0 Å². The lowest BCUT2D eigenvalue weighted by atomic mass is 10.0. The monoisotopic (exact) mass is 506 g/mol. The number of phenols is 1.